The van der Waals surface area contributed by atoms with Gasteiger partial charge in [-0.05, 0) is 69.6 Å². The van der Waals surface area contributed by atoms with E-state index in [1.54, 1.807) is 0 Å². The molecule has 3 rings (SSSR count). The maximum Gasteiger partial charge on any atom is 0.160 e. The van der Waals surface area contributed by atoms with E-state index < -0.39 is 0 Å². The molecule has 1 unspecified atom stereocenters. The molecule has 0 bridgehead atoms. The second kappa shape index (κ2) is 8.43. The first-order chi connectivity index (χ1) is 11.3. The first kappa shape index (κ1) is 17.2. The van der Waals surface area contributed by atoms with Crippen LogP contribution in [0.3, 0.4) is 0 Å². The van der Waals surface area contributed by atoms with Crippen LogP contribution in [0.25, 0.3) is 0 Å². The Morgan fingerprint density at radius 2 is 1.74 bits per heavy atom. The lowest BCUT2D eigenvalue weighted by Gasteiger charge is -2.39. The van der Waals surface area contributed by atoms with Crippen LogP contribution < -0.4 is 0 Å². The van der Waals surface area contributed by atoms with E-state index in [9.17, 15) is 4.39 Å². The van der Waals surface area contributed by atoms with Crippen molar-refractivity contribution in [3.8, 4) is 0 Å². The highest BCUT2D eigenvalue weighted by atomic mass is 19.1. The molecule has 0 aromatic rings. The summed E-state index contributed by atoms with van der Waals surface area (Å²) in [6.45, 7) is 5.45. The number of allylic oxidation sites excluding steroid dienone is 3. The fourth-order valence-electron chi connectivity index (χ4n) is 4.49. The van der Waals surface area contributed by atoms with Gasteiger partial charge in [-0.1, -0.05) is 12.2 Å². The first-order valence-electron chi connectivity index (χ1n) is 9.45. The van der Waals surface area contributed by atoms with Crippen molar-refractivity contribution in [3.63, 3.8) is 0 Å². The van der Waals surface area contributed by atoms with Crippen molar-refractivity contribution < 1.29 is 13.9 Å². The Morgan fingerprint density at radius 1 is 1.04 bits per heavy atom. The van der Waals surface area contributed by atoms with E-state index in [0.717, 1.165) is 44.8 Å². The molecule has 1 saturated carbocycles. The maximum atomic E-state index is 13.2. The molecule has 0 aromatic carbocycles. The average Bonchev–Trinajstić information content (AvgIpc) is 2.61. The summed E-state index contributed by atoms with van der Waals surface area (Å²) < 4.78 is 25.2. The molecule has 3 aliphatic rings. The van der Waals surface area contributed by atoms with Crippen LogP contribution in [0.15, 0.2) is 24.6 Å². The Kier molecular flexibility index (Phi) is 6.29. The molecule has 0 amide bonds. The molecule has 1 saturated heterocycles. The molecule has 2 fully saturated rings. The number of rotatable bonds is 5. The van der Waals surface area contributed by atoms with Gasteiger partial charge >= 0.3 is 0 Å². The minimum atomic E-state index is 0.0135. The van der Waals surface area contributed by atoms with Crippen LogP contribution in [0, 0.1) is 23.7 Å². The Labute approximate surface area is 140 Å². The first-order valence-corrected chi connectivity index (χ1v) is 9.45. The molecule has 130 valence electrons. The van der Waals surface area contributed by atoms with E-state index in [-0.39, 0.29) is 12.1 Å². The zero-order valence-corrected chi connectivity index (χ0v) is 14.2. The summed E-state index contributed by atoms with van der Waals surface area (Å²) in [4.78, 5) is 0. The van der Waals surface area contributed by atoms with Gasteiger partial charge in [0.2, 0.25) is 0 Å². The van der Waals surface area contributed by atoms with Gasteiger partial charge in [-0.3, -0.25) is 0 Å². The monoisotopic (exact) mass is 322 g/mol. The van der Waals surface area contributed by atoms with E-state index in [2.05, 4.69) is 6.58 Å². The molecule has 0 N–H and O–H groups in total. The fourth-order valence-corrected chi connectivity index (χ4v) is 4.49. The Balaban J connectivity index is 1.39. The molecule has 23 heavy (non-hydrogen) atoms. The van der Waals surface area contributed by atoms with Gasteiger partial charge < -0.3 is 9.47 Å². The van der Waals surface area contributed by atoms with Crippen molar-refractivity contribution >= 4 is 0 Å². The molecular formula is C20H31FO2. The van der Waals surface area contributed by atoms with Crippen LogP contribution in [0.5, 0.6) is 0 Å². The summed E-state index contributed by atoms with van der Waals surface area (Å²) in [6, 6.07) is 0. The van der Waals surface area contributed by atoms with Crippen molar-refractivity contribution in [1.29, 1.82) is 0 Å². The van der Waals surface area contributed by atoms with E-state index in [0.29, 0.717) is 24.2 Å². The smallest absolute Gasteiger partial charge is 0.160 e. The molecule has 1 heterocycles. The van der Waals surface area contributed by atoms with Gasteiger partial charge in [-0.15, -0.1) is 6.58 Å². The van der Waals surface area contributed by atoms with Gasteiger partial charge in [0, 0.05) is 11.8 Å². The SMILES string of the molecule is C=CCC[C@H]1CO[C@H]([C@H]2CC[C@H](C3CC=C(F)CC3)CC2)OC1. The van der Waals surface area contributed by atoms with E-state index in [1.165, 1.54) is 25.7 Å². The zero-order chi connectivity index (χ0) is 16.1. The number of halogens is 1. The Bertz CT molecular complexity index is 404. The topological polar surface area (TPSA) is 18.5 Å². The lowest BCUT2D eigenvalue weighted by Crippen LogP contribution is -2.39. The van der Waals surface area contributed by atoms with Gasteiger partial charge in [0.15, 0.2) is 6.29 Å². The van der Waals surface area contributed by atoms with Gasteiger partial charge in [0.1, 0.15) is 0 Å². The molecule has 2 aliphatic carbocycles. The zero-order valence-electron chi connectivity index (χ0n) is 14.2. The third-order valence-corrected chi connectivity index (χ3v) is 6.04. The minimum Gasteiger partial charge on any atom is -0.352 e. The number of hydrogen-bond donors (Lipinski definition) is 0. The fraction of sp³-hybridized carbons (Fsp3) is 0.800. The molecule has 0 aromatic heterocycles. The second-order valence-electron chi connectivity index (χ2n) is 7.63. The van der Waals surface area contributed by atoms with Gasteiger partial charge in [0.25, 0.3) is 0 Å². The molecule has 1 aliphatic heterocycles. The lowest BCUT2D eigenvalue weighted by molar-refractivity contribution is -0.230. The van der Waals surface area contributed by atoms with Gasteiger partial charge in [0.05, 0.1) is 19.0 Å². The minimum absolute atomic E-state index is 0.0135. The molecule has 0 spiro atoms. The summed E-state index contributed by atoms with van der Waals surface area (Å²) >= 11 is 0. The van der Waals surface area contributed by atoms with Crippen LogP contribution in [-0.2, 0) is 9.47 Å². The molecule has 3 heteroatoms. The summed E-state index contributed by atoms with van der Waals surface area (Å²) in [5.74, 6) is 2.67. The standard InChI is InChI=1S/C20H31FO2/c1-2-3-4-15-13-22-20(23-14-15)18-7-5-16(6-8-18)17-9-11-19(21)12-10-17/h2,11,15-18,20H,1,3-10,12-14H2/t15-,16-,17?,18-,20-. The van der Waals surface area contributed by atoms with Crippen LogP contribution in [0.1, 0.15) is 57.8 Å². The highest BCUT2D eigenvalue weighted by molar-refractivity contribution is 4.99. The van der Waals surface area contributed by atoms with Gasteiger partial charge in [-0.2, -0.15) is 0 Å². The third-order valence-electron chi connectivity index (χ3n) is 6.04. The average molecular weight is 322 g/mol. The predicted molar refractivity (Wildman–Crippen MR) is 90.6 cm³/mol. The summed E-state index contributed by atoms with van der Waals surface area (Å²) in [7, 11) is 0. The van der Waals surface area contributed by atoms with Crippen molar-refractivity contribution in [3.05, 3.63) is 24.6 Å². The highest BCUT2D eigenvalue weighted by Gasteiger charge is 2.34. The third kappa shape index (κ3) is 4.67. The summed E-state index contributed by atoms with van der Waals surface area (Å²) in [6.07, 6.45) is 13.5. The Morgan fingerprint density at radius 3 is 2.35 bits per heavy atom. The van der Waals surface area contributed by atoms with E-state index >= 15 is 0 Å². The number of ether oxygens (including phenoxy) is 2. The maximum absolute atomic E-state index is 13.2. The second-order valence-corrected chi connectivity index (χ2v) is 7.63. The summed E-state index contributed by atoms with van der Waals surface area (Å²) in [5, 5.41) is 0. The van der Waals surface area contributed by atoms with Crippen molar-refractivity contribution in [2.45, 2.75) is 64.1 Å². The largest absolute Gasteiger partial charge is 0.352 e. The Hall–Kier alpha value is -0.670. The summed E-state index contributed by atoms with van der Waals surface area (Å²) in [5.41, 5.74) is 0. The molecule has 1 atom stereocenters. The molecule has 2 nitrogen and oxygen atoms in total. The van der Waals surface area contributed by atoms with Crippen LogP contribution in [0.4, 0.5) is 4.39 Å². The quantitative estimate of drug-likeness (QED) is 0.631. The van der Waals surface area contributed by atoms with Crippen molar-refractivity contribution in [2.75, 3.05) is 13.2 Å². The van der Waals surface area contributed by atoms with Gasteiger partial charge in [-0.25, -0.2) is 4.39 Å². The highest BCUT2D eigenvalue weighted by Crippen LogP contribution is 2.41. The van der Waals surface area contributed by atoms with Crippen molar-refractivity contribution in [2.24, 2.45) is 23.7 Å². The lowest BCUT2D eigenvalue weighted by atomic mass is 9.72. The van der Waals surface area contributed by atoms with E-state index in [1.807, 2.05) is 12.2 Å². The number of hydrogen-bond acceptors (Lipinski definition) is 2. The molecular weight excluding hydrogens is 291 g/mol. The molecule has 0 radical (unpaired) electrons. The van der Waals surface area contributed by atoms with Crippen LogP contribution in [0.2, 0.25) is 0 Å². The normalized spacial score (nSPS) is 38.8. The predicted octanol–water partition coefficient (Wildman–Crippen LogP) is 5.40. The van der Waals surface area contributed by atoms with Crippen molar-refractivity contribution in [1.82, 2.24) is 0 Å². The van der Waals surface area contributed by atoms with Crippen LogP contribution >= 0.6 is 0 Å². The van der Waals surface area contributed by atoms with E-state index in [4.69, 9.17) is 9.47 Å². The van der Waals surface area contributed by atoms with Crippen LogP contribution in [-0.4, -0.2) is 19.5 Å².